The van der Waals surface area contributed by atoms with Gasteiger partial charge in [0, 0.05) is 44.7 Å². The normalized spacial score (nSPS) is 16.6. The van der Waals surface area contributed by atoms with Crippen LogP contribution < -0.4 is 0 Å². The predicted octanol–water partition coefficient (Wildman–Crippen LogP) is 2.52. The highest BCUT2D eigenvalue weighted by Gasteiger charge is 2.21. The van der Waals surface area contributed by atoms with Crippen LogP contribution in [0.1, 0.15) is 25.3 Å². The Balaban J connectivity index is 1.69. The molecule has 1 saturated heterocycles. The Bertz CT molecular complexity index is 637. The van der Waals surface area contributed by atoms with Crippen LogP contribution in [-0.4, -0.2) is 52.1 Å². The number of benzene rings is 1. The Hall–Kier alpha value is -2.14. The first-order valence-corrected chi connectivity index (χ1v) is 8.35. The predicted molar refractivity (Wildman–Crippen MR) is 90.8 cm³/mol. The molecule has 5 heteroatoms. The van der Waals surface area contributed by atoms with Crippen LogP contribution in [0.25, 0.3) is 11.3 Å². The molecule has 0 saturated carbocycles. The van der Waals surface area contributed by atoms with Gasteiger partial charge < -0.3 is 4.90 Å². The van der Waals surface area contributed by atoms with Gasteiger partial charge in [0.1, 0.15) is 0 Å². The van der Waals surface area contributed by atoms with Crippen LogP contribution in [0.4, 0.5) is 0 Å². The molecule has 1 aliphatic heterocycles. The van der Waals surface area contributed by atoms with Crippen molar-refractivity contribution in [2.75, 3.05) is 26.2 Å². The van der Waals surface area contributed by atoms with Crippen molar-refractivity contribution < 1.29 is 4.79 Å². The molecule has 122 valence electrons. The lowest BCUT2D eigenvalue weighted by Gasteiger charge is -2.21. The molecule has 1 aromatic heterocycles. The fourth-order valence-corrected chi connectivity index (χ4v) is 3.10. The lowest BCUT2D eigenvalue weighted by Crippen LogP contribution is -2.33. The fraction of sp³-hybridized carbons (Fsp3) is 0.444. The van der Waals surface area contributed by atoms with Crippen molar-refractivity contribution in [2.24, 2.45) is 0 Å². The number of aromatic amines is 1. The molecule has 1 N–H and O–H groups in total. The molecule has 0 aliphatic carbocycles. The van der Waals surface area contributed by atoms with Crippen molar-refractivity contribution in [1.29, 1.82) is 0 Å². The van der Waals surface area contributed by atoms with Crippen LogP contribution in [0.3, 0.4) is 0 Å². The summed E-state index contributed by atoms with van der Waals surface area (Å²) in [5, 5.41) is 7.33. The summed E-state index contributed by atoms with van der Waals surface area (Å²) in [4.78, 5) is 16.5. The third-order valence-corrected chi connectivity index (χ3v) is 4.35. The number of hydrogen-bond donors (Lipinski definition) is 1. The van der Waals surface area contributed by atoms with Crippen molar-refractivity contribution in [3.05, 3.63) is 42.1 Å². The van der Waals surface area contributed by atoms with Gasteiger partial charge in [0.25, 0.3) is 0 Å². The summed E-state index contributed by atoms with van der Waals surface area (Å²) < 4.78 is 0. The zero-order valence-electron chi connectivity index (χ0n) is 13.7. The molecule has 2 aromatic rings. The lowest BCUT2D eigenvalue weighted by atomic mass is 10.1. The first kappa shape index (κ1) is 15.7. The van der Waals surface area contributed by atoms with E-state index in [2.05, 4.69) is 34.2 Å². The van der Waals surface area contributed by atoms with Crippen LogP contribution in [0.5, 0.6) is 0 Å². The molecule has 1 amide bonds. The second-order valence-electron chi connectivity index (χ2n) is 6.04. The highest BCUT2D eigenvalue weighted by molar-refractivity contribution is 5.76. The van der Waals surface area contributed by atoms with Gasteiger partial charge in [0.05, 0.1) is 11.9 Å². The van der Waals surface area contributed by atoms with Crippen LogP contribution in [-0.2, 0) is 11.3 Å². The van der Waals surface area contributed by atoms with Gasteiger partial charge >= 0.3 is 0 Å². The number of hydrogen-bond acceptors (Lipinski definition) is 3. The Morgan fingerprint density at radius 3 is 2.78 bits per heavy atom. The Morgan fingerprint density at radius 1 is 1.17 bits per heavy atom. The number of nitrogens with zero attached hydrogens (tertiary/aromatic N) is 3. The maximum absolute atomic E-state index is 12.1. The molecule has 0 atom stereocenters. The molecule has 23 heavy (non-hydrogen) atoms. The summed E-state index contributed by atoms with van der Waals surface area (Å²) in [6.45, 7) is 6.38. The minimum absolute atomic E-state index is 0.282. The minimum atomic E-state index is 0.282. The number of H-pyrrole nitrogens is 1. The summed E-state index contributed by atoms with van der Waals surface area (Å²) >= 11 is 0. The molecule has 1 fully saturated rings. The molecule has 1 aliphatic rings. The number of carbonyl (C=O) groups is 1. The van der Waals surface area contributed by atoms with E-state index in [1.807, 2.05) is 29.3 Å². The van der Waals surface area contributed by atoms with E-state index in [0.717, 1.165) is 50.4 Å². The molecule has 0 bridgehead atoms. The Morgan fingerprint density at radius 2 is 2.00 bits per heavy atom. The third-order valence-electron chi connectivity index (χ3n) is 4.35. The molecule has 3 rings (SSSR count). The monoisotopic (exact) mass is 312 g/mol. The maximum atomic E-state index is 12.1. The maximum Gasteiger partial charge on any atom is 0.223 e. The van der Waals surface area contributed by atoms with Gasteiger partial charge in [-0.3, -0.25) is 14.8 Å². The van der Waals surface area contributed by atoms with Gasteiger partial charge in [-0.25, -0.2) is 0 Å². The second-order valence-corrected chi connectivity index (χ2v) is 6.04. The van der Waals surface area contributed by atoms with E-state index in [4.69, 9.17) is 0 Å². The lowest BCUT2D eigenvalue weighted by molar-refractivity contribution is -0.130. The van der Waals surface area contributed by atoms with E-state index in [0.29, 0.717) is 6.42 Å². The summed E-state index contributed by atoms with van der Waals surface area (Å²) in [6.07, 6.45) is 3.53. The number of amides is 1. The highest BCUT2D eigenvalue weighted by Crippen LogP contribution is 2.22. The van der Waals surface area contributed by atoms with Crippen molar-refractivity contribution in [1.82, 2.24) is 20.0 Å². The SMILES string of the molecule is CCCN1CCN(Cc2cn[nH]c2-c2ccccc2)CCC1=O. The van der Waals surface area contributed by atoms with Crippen molar-refractivity contribution in [3.63, 3.8) is 0 Å². The Labute approximate surface area is 137 Å². The van der Waals surface area contributed by atoms with Crippen molar-refractivity contribution in [3.8, 4) is 11.3 Å². The second kappa shape index (κ2) is 7.42. The highest BCUT2D eigenvalue weighted by atomic mass is 16.2. The fourth-order valence-electron chi connectivity index (χ4n) is 3.10. The molecule has 0 unspecified atom stereocenters. The molecule has 0 spiro atoms. The summed E-state index contributed by atoms with van der Waals surface area (Å²) in [5.41, 5.74) is 3.41. The molecule has 2 heterocycles. The van der Waals surface area contributed by atoms with Gasteiger partial charge in [0.15, 0.2) is 0 Å². The molecule has 1 aromatic carbocycles. The topological polar surface area (TPSA) is 52.2 Å². The van der Waals surface area contributed by atoms with E-state index in [9.17, 15) is 4.79 Å². The zero-order chi connectivity index (χ0) is 16.1. The van der Waals surface area contributed by atoms with E-state index in [-0.39, 0.29) is 5.91 Å². The van der Waals surface area contributed by atoms with Crippen LogP contribution in [0.15, 0.2) is 36.5 Å². The summed E-state index contributed by atoms with van der Waals surface area (Å²) in [7, 11) is 0. The number of rotatable bonds is 5. The number of carbonyl (C=O) groups excluding carboxylic acids is 1. The van der Waals surface area contributed by atoms with E-state index >= 15 is 0 Å². The zero-order valence-corrected chi connectivity index (χ0v) is 13.7. The molecular formula is C18H24N4O. The van der Waals surface area contributed by atoms with Gasteiger partial charge in [-0.05, 0) is 12.0 Å². The standard InChI is InChI=1S/C18H24N4O/c1-2-9-22-12-11-21(10-8-17(22)23)14-16-13-19-20-18(16)15-6-4-3-5-7-15/h3-7,13H,2,8-12,14H2,1H3,(H,19,20). The summed E-state index contributed by atoms with van der Waals surface area (Å²) in [5.74, 6) is 0.282. The molecular weight excluding hydrogens is 288 g/mol. The number of nitrogens with one attached hydrogen (secondary N) is 1. The summed E-state index contributed by atoms with van der Waals surface area (Å²) in [6, 6.07) is 10.3. The first-order chi connectivity index (χ1) is 11.3. The van der Waals surface area contributed by atoms with E-state index < -0.39 is 0 Å². The quantitative estimate of drug-likeness (QED) is 0.923. The van der Waals surface area contributed by atoms with Crippen LogP contribution in [0, 0.1) is 0 Å². The van der Waals surface area contributed by atoms with Crippen molar-refractivity contribution >= 4 is 5.91 Å². The van der Waals surface area contributed by atoms with Crippen molar-refractivity contribution in [2.45, 2.75) is 26.3 Å². The minimum Gasteiger partial charge on any atom is -0.341 e. The van der Waals surface area contributed by atoms with Gasteiger partial charge in [-0.15, -0.1) is 0 Å². The van der Waals surface area contributed by atoms with Crippen LogP contribution >= 0.6 is 0 Å². The largest absolute Gasteiger partial charge is 0.341 e. The number of aromatic nitrogens is 2. The van der Waals surface area contributed by atoms with E-state index in [1.54, 1.807) is 0 Å². The van der Waals surface area contributed by atoms with Gasteiger partial charge in [-0.1, -0.05) is 37.3 Å². The first-order valence-electron chi connectivity index (χ1n) is 8.35. The average molecular weight is 312 g/mol. The third kappa shape index (κ3) is 3.79. The average Bonchev–Trinajstić information content (AvgIpc) is 2.97. The van der Waals surface area contributed by atoms with Crippen LogP contribution in [0.2, 0.25) is 0 Å². The smallest absolute Gasteiger partial charge is 0.223 e. The molecule has 0 radical (unpaired) electrons. The molecule has 5 nitrogen and oxygen atoms in total. The van der Waals surface area contributed by atoms with Gasteiger partial charge in [-0.2, -0.15) is 5.10 Å². The Kier molecular flexibility index (Phi) is 5.08. The van der Waals surface area contributed by atoms with Gasteiger partial charge in [0.2, 0.25) is 5.91 Å². The van der Waals surface area contributed by atoms with E-state index in [1.165, 1.54) is 5.56 Å².